The lowest BCUT2D eigenvalue weighted by Crippen LogP contribution is -2.22. The molecule has 0 saturated heterocycles. The van der Waals surface area contributed by atoms with Gasteiger partial charge in [-0.3, -0.25) is 4.79 Å². The average molecular weight is 367 g/mol. The lowest BCUT2D eigenvalue weighted by atomic mass is 10.1. The molecular formula is C20H33NO5. The van der Waals surface area contributed by atoms with Gasteiger partial charge in [0.1, 0.15) is 0 Å². The number of aliphatic hydroxyl groups excluding tert-OH is 1. The van der Waals surface area contributed by atoms with Crippen molar-refractivity contribution in [2.45, 2.75) is 71.8 Å². The molecule has 0 fully saturated rings. The molecule has 0 spiro atoms. The number of hydrogen-bond donors (Lipinski definition) is 4. The lowest BCUT2D eigenvalue weighted by molar-refractivity contribution is -0.152. The number of rotatable bonds is 11. The fourth-order valence-electron chi connectivity index (χ4n) is 2.46. The highest BCUT2D eigenvalue weighted by atomic mass is 16.4. The molecule has 1 aromatic rings. The summed E-state index contributed by atoms with van der Waals surface area (Å²) in [6.07, 6.45) is 5.63. The van der Waals surface area contributed by atoms with E-state index in [0.29, 0.717) is 0 Å². The minimum Gasteiger partial charge on any atom is -0.481 e. The summed E-state index contributed by atoms with van der Waals surface area (Å²) in [5, 5.41) is 27.7. The minimum absolute atomic E-state index is 0.755. The molecule has 0 bridgehead atoms. The van der Waals surface area contributed by atoms with Crippen molar-refractivity contribution in [3.63, 3.8) is 0 Å². The number of aliphatic hydroxyl groups is 1. The minimum atomic E-state index is -1.79. The molecule has 6 nitrogen and oxygen atoms in total. The number of carboxylic acids is 2. The van der Waals surface area contributed by atoms with Gasteiger partial charge in [0.2, 0.25) is 0 Å². The van der Waals surface area contributed by atoms with Gasteiger partial charge in [-0.05, 0) is 31.4 Å². The molecule has 0 aromatic heterocycles. The fourth-order valence-corrected chi connectivity index (χ4v) is 2.46. The van der Waals surface area contributed by atoms with Crippen LogP contribution in [0.3, 0.4) is 0 Å². The molecule has 0 radical (unpaired) electrons. The van der Waals surface area contributed by atoms with Crippen molar-refractivity contribution in [1.82, 2.24) is 0 Å². The number of para-hydroxylation sites is 1. The van der Waals surface area contributed by atoms with E-state index in [9.17, 15) is 9.59 Å². The molecule has 6 heteroatoms. The van der Waals surface area contributed by atoms with Gasteiger partial charge in [0.25, 0.3) is 0 Å². The molecule has 0 saturated carbocycles. The van der Waals surface area contributed by atoms with E-state index < -0.39 is 24.5 Å². The highest BCUT2D eigenvalue weighted by Gasteiger charge is 2.16. The maximum Gasteiger partial charge on any atom is 0.333 e. The molecule has 1 atom stereocenters. The van der Waals surface area contributed by atoms with Gasteiger partial charge < -0.3 is 20.6 Å². The van der Waals surface area contributed by atoms with Crippen molar-refractivity contribution in [1.29, 1.82) is 0 Å². The first-order chi connectivity index (χ1) is 12.3. The molecule has 0 aliphatic carbocycles. The molecule has 0 heterocycles. The topological polar surface area (TPSA) is 107 Å². The van der Waals surface area contributed by atoms with Crippen LogP contribution in [0.15, 0.2) is 18.2 Å². The monoisotopic (exact) mass is 367 g/mol. The van der Waals surface area contributed by atoms with E-state index in [1.165, 1.54) is 55.3 Å². The van der Waals surface area contributed by atoms with Crippen LogP contribution in [0.25, 0.3) is 0 Å². The molecule has 26 heavy (non-hydrogen) atoms. The maximum atomic E-state index is 9.72. The van der Waals surface area contributed by atoms with Crippen LogP contribution in [-0.4, -0.2) is 39.9 Å². The highest BCUT2D eigenvalue weighted by Crippen LogP contribution is 2.19. The van der Waals surface area contributed by atoms with E-state index in [1.54, 1.807) is 0 Å². The second-order valence-corrected chi connectivity index (χ2v) is 6.41. The fraction of sp³-hybridized carbons (Fsp3) is 0.600. The third-order valence-corrected chi connectivity index (χ3v) is 3.97. The zero-order valence-corrected chi connectivity index (χ0v) is 16.1. The van der Waals surface area contributed by atoms with Crippen LogP contribution in [-0.2, 0) is 9.59 Å². The Morgan fingerprint density at radius 2 is 1.54 bits per heavy atom. The smallest absolute Gasteiger partial charge is 0.333 e. The molecule has 148 valence electrons. The number of anilines is 1. The number of aliphatic carboxylic acids is 2. The van der Waals surface area contributed by atoms with E-state index in [2.05, 4.69) is 44.3 Å². The molecule has 1 unspecified atom stereocenters. The quantitative estimate of drug-likeness (QED) is 0.441. The molecule has 0 amide bonds. The normalized spacial score (nSPS) is 11.2. The summed E-state index contributed by atoms with van der Waals surface area (Å²) in [4.78, 5) is 19.4. The van der Waals surface area contributed by atoms with Crippen molar-refractivity contribution in [2.75, 3.05) is 11.9 Å². The van der Waals surface area contributed by atoms with Crippen molar-refractivity contribution in [3.8, 4) is 0 Å². The number of unbranched alkanes of at least 4 members (excludes halogenated alkanes) is 5. The summed E-state index contributed by atoms with van der Waals surface area (Å²) in [5.74, 6) is -2.85. The summed E-state index contributed by atoms with van der Waals surface area (Å²) < 4.78 is 0. The Morgan fingerprint density at radius 1 is 1.00 bits per heavy atom. The molecular weight excluding hydrogens is 334 g/mol. The van der Waals surface area contributed by atoms with E-state index in [-0.39, 0.29) is 0 Å². The van der Waals surface area contributed by atoms with Gasteiger partial charge in [0, 0.05) is 12.2 Å². The first kappa shape index (κ1) is 23.9. The lowest BCUT2D eigenvalue weighted by Gasteiger charge is -2.12. The van der Waals surface area contributed by atoms with E-state index in [0.717, 1.165) is 6.54 Å². The van der Waals surface area contributed by atoms with Crippen LogP contribution >= 0.6 is 0 Å². The summed E-state index contributed by atoms with van der Waals surface area (Å²) in [5.41, 5.74) is 4.05. The van der Waals surface area contributed by atoms with E-state index in [4.69, 9.17) is 15.3 Å². The SMILES string of the molecule is CCCCCCCCNc1c(C)cccc1C.O=C(O)CC(O)C(=O)O. The summed E-state index contributed by atoms with van der Waals surface area (Å²) in [6, 6.07) is 6.48. The number of benzene rings is 1. The predicted molar refractivity (Wildman–Crippen MR) is 104 cm³/mol. The molecule has 1 aromatic carbocycles. The molecule has 1 rings (SSSR count). The Hall–Kier alpha value is -2.08. The third kappa shape index (κ3) is 11.5. The van der Waals surface area contributed by atoms with Gasteiger partial charge in [0.05, 0.1) is 6.42 Å². The van der Waals surface area contributed by atoms with Crippen LogP contribution < -0.4 is 5.32 Å². The van der Waals surface area contributed by atoms with Gasteiger partial charge in [0.15, 0.2) is 6.10 Å². The van der Waals surface area contributed by atoms with Gasteiger partial charge in [-0.25, -0.2) is 4.79 Å². The number of hydrogen-bond acceptors (Lipinski definition) is 4. The predicted octanol–water partition coefficient (Wildman–Crippen LogP) is 3.98. The summed E-state index contributed by atoms with van der Waals surface area (Å²) in [7, 11) is 0. The number of carboxylic acid groups (broad SMARTS) is 2. The molecule has 0 aliphatic rings. The third-order valence-electron chi connectivity index (χ3n) is 3.97. The zero-order valence-electron chi connectivity index (χ0n) is 16.1. The summed E-state index contributed by atoms with van der Waals surface area (Å²) in [6.45, 7) is 7.73. The largest absolute Gasteiger partial charge is 0.481 e. The second-order valence-electron chi connectivity index (χ2n) is 6.41. The van der Waals surface area contributed by atoms with Crippen LogP contribution in [0.2, 0.25) is 0 Å². The van der Waals surface area contributed by atoms with Crippen molar-refractivity contribution in [3.05, 3.63) is 29.3 Å². The Morgan fingerprint density at radius 3 is 2.00 bits per heavy atom. The number of aryl methyl sites for hydroxylation is 2. The van der Waals surface area contributed by atoms with Crippen LogP contribution in [0, 0.1) is 13.8 Å². The number of nitrogens with one attached hydrogen (secondary N) is 1. The van der Waals surface area contributed by atoms with Gasteiger partial charge >= 0.3 is 11.9 Å². The highest BCUT2D eigenvalue weighted by molar-refractivity contribution is 5.79. The number of carbonyl (C=O) groups is 2. The summed E-state index contributed by atoms with van der Waals surface area (Å²) >= 11 is 0. The van der Waals surface area contributed by atoms with Crippen molar-refractivity contribution >= 4 is 17.6 Å². The first-order valence-corrected chi connectivity index (χ1v) is 9.22. The van der Waals surface area contributed by atoms with Gasteiger partial charge in [-0.1, -0.05) is 57.2 Å². The van der Waals surface area contributed by atoms with Gasteiger partial charge in [-0.2, -0.15) is 0 Å². The average Bonchev–Trinajstić information content (AvgIpc) is 2.56. The second kappa shape index (κ2) is 14.1. The first-order valence-electron chi connectivity index (χ1n) is 9.22. The Bertz CT molecular complexity index is 525. The molecule has 0 aliphatic heterocycles. The van der Waals surface area contributed by atoms with Crippen LogP contribution in [0.1, 0.15) is 63.0 Å². The zero-order chi connectivity index (χ0) is 19.9. The van der Waals surface area contributed by atoms with Crippen LogP contribution in [0.5, 0.6) is 0 Å². The Kier molecular flexibility index (Phi) is 13.0. The molecule has 4 N–H and O–H groups in total. The Balaban J connectivity index is 0.000000590. The van der Waals surface area contributed by atoms with Crippen molar-refractivity contribution in [2.24, 2.45) is 0 Å². The standard InChI is InChI=1S/C16H27N.C4H6O5/c1-4-5-6-7-8-9-13-17-16-14(2)11-10-12-15(16)3;5-2(4(8)9)1-3(6)7/h10-12,17H,4-9,13H2,1-3H3;2,5H,1H2,(H,6,7)(H,8,9). The van der Waals surface area contributed by atoms with E-state index >= 15 is 0 Å². The van der Waals surface area contributed by atoms with Crippen molar-refractivity contribution < 1.29 is 24.9 Å². The maximum absolute atomic E-state index is 9.72. The van der Waals surface area contributed by atoms with Crippen LogP contribution in [0.4, 0.5) is 5.69 Å². The Labute approximate surface area is 156 Å². The van der Waals surface area contributed by atoms with E-state index in [1.807, 2.05) is 0 Å². The van der Waals surface area contributed by atoms with Gasteiger partial charge in [-0.15, -0.1) is 0 Å².